The van der Waals surface area contributed by atoms with Gasteiger partial charge in [0.05, 0.1) is 6.10 Å². The number of carboxylic acid groups (broad SMARTS) is 1. The molecule has 3 N–H and O–H groups in total. The van der Waals surface area contributed by atoms with E-state index in [1.165, 1.54) is 0 Å². The largest absolute Gasteiger partial charge is 0.480 e. The molecule has 1 aliphatic carbocycles. The van der Waals surface area contributed by atoms with Gasteiger partial charge in [0.1, 0.15) is 6.04 Å². The van der Waals surface area contributed by atoms with Crippen LogP contribution in [-0.4, -0.2) is 53.6 Å². The van der Waals surface area contributed by atoms with E-state index in [9.17, 15) is 18.3 Å². The molecule has 116 valence electrons. The lowest BCUT2D eigenvalue weighted by molar-refractivity contribution is -0.142. The first-order chi connectivity index (χ1) is 9.42. The molecule has 0 aromatic carbocycles. The van der Waals surface area contributed by atoms with E-state index in [0.29, 0.717) is 25.7 Å². The monoisotopic (exact) mass is 306 g/mol. The fourth-order valence-electron chi connectivity index (χ4n) is 2.95. The Morgan fingerprint density at radius 2 is 1.75 bits per heavy atom. The fraction of sp³-hybridized carbons (Fsp3) is 0.917. The van der Waals surface area contributed by atoms with Crippen molar-refractivity contribution in [3.63, 3.8) is 0 Å². The summed E-state index contributed by atoms with van der Waals surface area (Å²) in [6, 6.07) is -1.51. The van der Waals surface area contributed by atoms with Gasteiger partial charge in [-0.15, -0.1) is 0 Å². The number of piperidine rings is 1. The van der Waals surface area contributed by atoms with E-state index in [0.717, 1.165) is 23.6 Å². The third-order valence-corrected chi connectivity index (χ3v) is 5.73. The second-order valence-corrected chi connectivity index (χ2v) is 7.20. The predicted molar refractivity (Wildman–Crippen MR) is 72.3 cm³/mol. The molecule has 2 aliphatic rings. The summed E-state index contributed by atoms with van der Waals surface area (Å²) in [4.78, 5) is 11.2. The Morgan fingerprint density at radius 3 is 2.40 bits per heavy atom. The molecule has 8 heteroatoms. The number of carbonyl (C=O) groups is 1. The van der Waals surface area contributed by atoms with Crippen LogP contribution in [0.1, 0.15) is 44.9 Å². The molecule has 0 aromatic rings. The molecule has 1 saturated carbocycles. The standard InChI is InChI=1S/C12H22N2O5S/c15-11-7-2-1-5-9(11)13-20(18,19)14-8-4-3-6-10(14)12(16)17/h9-11,13,15H,1-8H2,(H,16,17)/t9-,10?,11-/m0/s1. The third-order valence-electron chi connectivity index (χ3n) is 4.08. The first kappa shape index (κ1) is 15.7. The SMILES string of the molecule is O=C(O)C1CCCCN1S(=O)(=O)N[C@H]1CCCC[C@@H]1O. The normalized spacial score (nSPS) is 33.0. The molecular weight excluding hydrogens is 284 g/mol. The minimum atomic E-state index is -3.87. The van der Waals surface area contributed by atoms with Gasteiger partial charge < -0.3 is 10.2 Å². The van der Waals surface area contributed by atoms with Gasteiger partial charge in [-0.1, -0.05) is 12.8 Å². The van der Waals surface area contributed by atoms with Gasteiger partial charge in [-0.2, -0.15) is 17.4 Å². The van der Waals surface area contributed by atoms with Crippen molar-refractivity contribution in [2.45, 2.75) is 63.1 Å². The van der Waals surface area contributed by atoms with Gasteiger partial charge in [0.25, 0.3) is 10.2 Å². The van der Waals surface area contributed by atoms with Crippen molar-refractivity contribution in [1.29, 1.82) is 0 Å². The van der Waals surface area contributed by atoms with E-state index < -0.39 is 34.4 Å². The van der Waals surface area contributed by atoms with Crippen LogP contribution in [0, 0.1) is 0 Å². The molecule has 0 radical (unpaired) electrons. The summed E-state index contributed by atoms with van der Waals surface area (Å²) >= 11 is 0. The maximum absolute atomic E-state index is 12.4. The molecule has 3 atom stereocenters. The van der Waals surface area contributed by atoms with E-state index in [1.54, 1.807) is 0 Å². The molecule has 1 heterocycles. The molecule has 1 saturated heterocycles. The lowest BCUT2D eigenvalue weighted by Gasteiger charge is -2.35. The lowest BCUT2D eigenvalue weighted by atomic mass is 9.93. The van der Waals surface area contributed by atoms with E-state index in [1.807, 2.05) is 0 Å². The zero-order chi connectivity index (χ0) is 14.8. The van der Waals surface area contributed by atoms with Gasteiger partial charge >= 0.3 is 5.97 Å². The van der Waals surface area contributed by atoms with Crippen LogP contribution < -0.4 is 4.72 Å². The number of nitrogens with zero attached hydrogens (tertiary/aromatic N) is 1. The average molecular weight is 306 g/mol. The molecule has 7 nitrogen and oxygen atoms in total. The van der Waals surface area contributed by atoms with Crippen molar-refractivity contribution < 1.29 is 23.4 Å². The Kier molecular flexibility index (Phi) is 5.00. The summed E-state index contributed by atoms with van der Waals surface area (Å²) < 4.78 is 28.2. The molecule has 1 aliphatic heterocycles. The number of hydrogen-bond donors (Lipinski definition) is 3. The Balaban J connectivity index is 2.09. The molecule has 1 unspecified atom stereocenters. The van der Waals surface area contributed by atoms with Crippen molar-refractivity contribution in [1.82, 2.24) is 9.03 Å². The van der Waals surface area contributed by atoms with Crippen LogP contribution in [0.3, 0.4) is 0 Å². The van der Waals surface area contributed by atoms with Crippen LogP contribution in [-0.2, 0) is 15.0 Å². The lowest BCUT2D eigenvalue weighted by Crippen LogP contribution is -2.56. The van der Waals surface area contributed by atoms with E-state index in [4.69, 9.17) is 5.11 Å². The van der Waals surface area contributed by atoms with Gasteiger partial charge in [-0.3, -0.25) is 4.79 Å². The highest BCUT2D eigenvalue weighted by molar-refractivity contribution is 7.87. The number of aliphatic hydroxyl groups excluding tert-OH is 1. The van der Waals surface area contributed by atoms with Crippen LogP contribution in [0.25, 0.3) is 0 Å². The Bertz CT molecular complexity index is 453. The van der Waals surface area contributed by atoms with E-state index in [2.05, 4.69) is 4.72 Å². The zero-order valence-corrected chi connectivity index (χ0v) is 12.2. The first-order valence-electron chi connectivity index (χ1n) is 7.12. The third kappa shape index (κ3) is 3.49. The van der Waals surface area contributed by atoms with Crippen LogP contribution in [0.4, 0.5) is 0 Å². The van der Waals surface area contributed by atoms with E-state index >= 15 is 0 Å². The topological polar surface area (TPSA) is 107 Å². The molecule has 20 heavy (non-hydrogen) atoms. The van der Waals surface area contributed by atoms with E-state index in [-0.39, 0.29) is 6.54 Å². The van der Waals surface area contributed by atoms with Gasteiger partial charge in [-0.05, 0) is 32.1 Å². The number of rotatable bonds is 4. The summed E-state index contributed by atoms with van der Waals surface area (Å²) in [6.07, 6.45) is 3.96. The summed E-state index contributed by atoms with van der Waals surface area (Å²) in [5.41, 5.74) is 0. The Labute approximate surface area is 119 Å². The summed E-state index contributed by atoms with van der Waals surface area (Å²) in [5, 5.41) is 19.0. The second-order valence-electron chi connectivity index (χ2n) is 5.54. The molecule has 0 spiro atoms. The van der Waals surface area contributed by atoms with Crippen LogP contribution in [0.2, 0.25) is 0 Å². The van der Waals surface area contributed by atoms with Crippen molar-refractivity contribution in [2.24, 2.45) is 0 Å². The van der Waals surface area contributed by atoms with Crippen LogP contribution in [0.5, 0.6) is 0 Å². The summed E-state index contributed by atoms with van der Waals surface area (Å²) in [5.74, 6) is -1.11. The Hall–Kier alpha value is -0.700. The quantitative estimate of drug-likeness (QED) is 0.681. The minimum absolute atomic E-state index is 0.217. The van der Waals surface area contributed by atoms with Crippen molar-refractivity contribution in [3.8, 4) is 0 Å². The van der Waals surface area contributed by atoms with Gasteiger partial charge in [0, 0.05) is 12.6 Å². The molecule has 0 amide bonds. The smallest absolute Gasteiger partial charge is 0.322 e. The van der Waals surface area contributed by atoms with Gasteiger partial charge in [0.2, 0.25) is 0 Å². The average Bonchev–Trinajstić information content (AvgIpc) is 2.41. The van der Waals surface area contributed by atoms with Crippen molar-refractivity contribution in [3.05, 3.63) is 0 Å². The molecule has 0 bridgehead atoms. The van der Waals surface area contributed by atoms with Crippen molar-refractivity contribution >= 4 is 16.2 Å². The highest BCUT2D eigenvalue weighted by atomic mass is 32.2. The summed E-state index contributed by atoms with van der Waals surface area (Å²) in [6.45, 7) is 0.217. The second kappa shape index (κ2) is 6.38. The first-order valence-corrected chi connectivity index (χ1v) is 8.56. The maximum Gasteiger partial charge on any atom is 0.322 e. The fourth-order valence-corrected chi connectivity index (χ4v) is 4.64. The zero-order valence-electron chi connectivity index (χ0n) is 11.4. The highest BCUT2D eigenvalue weighted by Gasteiger charge is 2.38. The Morgan fingerprint density at radius 1 is 1.10 bits per heavy atom. The molecular formula is C12H22N2O5S. The van der Waals surface area contributed by atoms with Crippen molar-refractivity contribution in [2.75, 3.05) is 6.54 Å². The maximum atomic E-state index is 12.4. The summed E-state index contributed by atoms with van der Waals surface area (Å²) in [7, 11) is -3.87. The number of aliphatic carboxylic acids is 1. The number of hydrogen-bond acceptors (Lipinski definition) is 4. The molecule has 2 rings (SSSR count). The van der Waals surface area contributed by atoms with Crippen LogP contribution in [0.15, 0.2) is 0 Å². The van der Waals surface area contributed by atoms with Gasteiger partial charge in [-0.25, -0.2) is 0 Å². The number of aliphatic hydroxyl groups is 1. The molecule has 2 fully saturated rings. The number of nitrogens with one attached hydrogen (secondary N) is 1. The van der Waals surface area contributed by atoms with Crippen LogP contribution >= 0.6 is 0 Å². The molecule has 0 aromatic heterocycles. The predicted octanol–water partition coefficient (Wildman–Crippen LogP) is 0.0634. The van der Waals surface area contributed by atoms with Gasteiger partial charge in [0.15, 0.2) is 0 Å². The number of carboxylic acids is 1. The highest BCUT2D eigenvalue weighted by Crippen LogP contribution is 2.23. The minimum Gasteiger partial charge on any atom is -0.480 e.